The second kappa shape index (κ2) is 5.33. The highest BCUT2D eigenvalue weighted by molar-refractivity contribution is 5.81. The molecule has 2 aliphatic rings. The van der Waals surface area contributed by atoms with E-state index in [1.165, 1.54) is 0 Å². The van der Waals surface area contributed by atoms with Gasteiger partial charge in [-0.1, -0.05) is 0 Å². The summed E-state index contributed by atoms with van der Waals surface area (Å²) in [5.74, 6) is 0.00222. The molecule has 17 heavy (non-hydrogen) atoms. The molecule has 0 radical (unpaired) electrons. The number of aliphatic hydroxyl groups is 1. The molecule has 0 aliphatic carbocycles. The Morgan fingerprint density at radius 3 is 2.88 bits per heavy atom. The van der Waals surface area contributed by atoms with E-state index in [2.05, 4.69) is 0 Å². The fourth-order valence-corrected chi connectivity index (χ4v) is 2.32. The van der Waals surface area contributed by atoms with E-state index in [1.807, 2.05) is 6.92 Å². The predicted octanol–water partition coefficient (Wildman–Crippen LogP) is 0.165. The van der Waals surface area contributed by atoms with Crippen molar-refractivity contribution in [2.45, 2.75) is 37.9 Å². The molecule has 2 unspecified atom stereocenters. The molecular formula is C12H21NO4. The Kier molecular flexibility index (Phi) is 4.01. The maximum atomic E-state index is 12.2. The number of carbonyl (C=O) groups is 1. The Hall–Kier alpha value is -0.650. The third-order valence-corrected chi connectivity index (χ3v) is 3.47. The Morgan fingerprint density at radius 2 is 2.18 bits per heavy atom. The van der Waals surface area contributed by atoms with E-state index in [4.69, 9.17) is 9.47 Å². The molecule has 0 spiro atoms. The summed E-state index contributed by atoms with van der Waals surface area (Å²) < 4.78 is 10.7. The van der Waals surface area contributed by atoms with Crippen molar-refractivity contribution >= 4 is 5.91 Å². The summed E-state index contributed by atoms with van der Waals surface area (Å²) in [5, 5.41) is 9.97. The van der Waals surface area contributed by atoms with Crippen LogP contribution < -0.4 is 0 Å². The van der Waals surface area contributed by atoms with Crippen LogP contribution in [0.5, 0.6) is 0 Å². The minimum Gasteiger partial charge on any atom is -0.390 e. The van der Waals surface area contributed by atoms with E-state index in [9.17, 15) is 9.90 Å². The summed E-state index contributed by atoms with van der Waals surface area (Å²) in [4.78, 5) is 13.9. The quantitative estimate of drug-likeness (QED) is 0.713. The van der Waals surface area contributed by atoms with Crippen LogP contribution in [0.1, 0.15) is 26.2 Å². The van der Waals surface area contributed by atoms with Crippen LogP contribution in [-0.2, 0) is 14.3 Å². The van der Waals surface area contributed by atoms with Gasteiger partial charge in [0.2, 0.25) is 0 Å². The minimum atomic E-state index is -0.640. The average Bonchev–Trinajstić information content (AvgIpc) is 2.50. The molecule has 2 saturated heterocycles. The van der Waals surface area contributed by atoms with E-state index in [-0.39, 0.29) is 5.91 Å². The van der Waals surface area contributed by atoms with Crippen LogP contribution in [-0.4, -0.2) is 60.5 Å². The monoisotopic (exact) mass is 243 g/mol. The molecule has 0 saturated carbocycles. The van der Waals surface area contributed by atoms with Gasteiger partial charge >= 0.3 is 0 Å². The number of rotatable bonds is 1. The van der Waals surface area contributed by atoms with Crippen molar-refractivity contribution in [3.8, 4) is 0 Å². The topological polar surface area (TPSA) is 59.0 Å². The average molecular weight is 243 g/mol. The highest BCUT2D eigenvalue weighted by atomic mass is 16.6. The number of hydrogen-bond acceptors (Lipinski definition) is 4. The van der Waals surface area contributed by atoms with Crippen molar-refractivity contribution in [1.82, 2.24) is 4.90 Å². The highest BCUT2D eigenvalue weighted by Crippen LogP contribution is 2.22. The first-order valence-corrected chi connectivity index (χ1v) is 6.29. The summed E-state index contributed by atoms with van der Waals surface area (Å²) in [6, 6.07) is 0. The molecule has 5 heteroatoms. The summed E-state index contributed by atoms with van der Waals surface area (Å²) in [6.07, 6.45) is 1.77. The largest absolute Gasteiger partial charge is 0.390 e. The zero-order chi connectivity index (χ0) is 12.3. The Labute approximate surface area is 102 Å². The van der Waals surface area contributed by atoms with E-state index >= 15 is 0 Å². The second-order valence-corrected chi connectivity index (χ2v) is 5.11. The van der Waals surface area contributed by atoms with Crippen molar-refractivity contribution in [2.75, 3.05) is 32.9 Å². The first-order chi connectivity index (χ1) is 8.08. The van der Waals surface area contributed by atoms with Gasteiger partial charge in [0.1, 0.15) is 0 Å². The van der Waals surface area contributed by atoms with Crippen molar-refractivity contribution in [2.24, 2.45) is 0 Å². The number of hydrogen-bond donors (Lipinski definition) is 1. The van der Waals surface area contributed by atoms with Gasteiger partial charge in [-0.15, -0.1) is 0 Å². The van der Waals surface area contributed by atoms with Gasteiger partial charge in [-0.05, 0) is 26.2 Å². The molecule has 0 aromatic heterocycles. The van der Waals surface area contributed by atoms with Crippen LogP contribution in [0.15, 0.2) is 0 Å². The normalized spacial score (nSPS) is 35.4. The number of carbonyl (C=O) groups excluding carboxylic acids is 1. The van der Waals surface area contributed by atoms with Crippen molar-refractivity contribution in [1.29, 1.82) is 0 Å². The van der Waals surface area contributed by atoms with Crippen LogP contribution in [0.2, 0.25) is 0 Å². The Bertz CT molecular complexity index is 274. The van der Waals surface area contributed by atoms with Crippen LogP contribution >= 0.6 is 0 Å². The lowest BCUT2D eigenvalue weighted by Crippen LogP contribution is -2.46. The van der Waals surface area contributed by atoms with E-state index in [1.54, 1.807) is 4.90 Å². The molecule has 0 aromatic rings. The molecule has 0 aromatic carbocycles. The number of nitrogens with zero attached hydrogens (tertiary/aromatic N) is 1. The van der Waals surface area contributed by atoms with Gasteiger partial charge in [-0.2, -0.15) is 0 Å². The lowest BCUT2D eigenvalue weighted by atomic mass is 9.98. The Balaban J connectivity index is 1.90. The van der Waals surface area contributed by atoms with Crippen LogP contribution in [0, 0.1) is 0 Å². The molecule has 5 nitrogen and oxygen atoms in total. The smallest absolute Gasteiger partial charge is 0.254 e. The first-order valence-electron chi connectivity index (χ1n) is 6.29. The second-order valence-electron chi connectivity index (χ2n) is 5.11. The molecule has 98 valence electrons. The van der Waals surface area contributed by atoms with E-state index < -0.39 is 11.7 Å². The molecular weight excluding hydrogens is 222 g/mol. The highest BCUT2D eigenvalue weighted by Gasteiger charge is 2.31. The molecule has 2 atom stereocenters. The lowest BCUT2D eigenvalue weighted by Gasteiger charge is -2.28. The van der Waals surface area contributed by atoms with Gasteiger partial charge < -0.3 is 19.5 Å². The van der Waals surface area contributed by atoms with Crippen LogP contribution in [0.25, 0.3) is 0 Å². The zero-order valence-electron chi connectivity index (χ0n) is 10.4. The number of ether oxygens (including phenoxy) is 2. The standard InChI is InChI=1S/C12H21NO4/c1-12(15)3-2-5-13(6-4-12)11(14)10-9-16-7-8-17-10/h10,15H,2-9H2,1H3. The fourth-order valence-electron chi connectivity index (χ4n) is 2.32. The van der Waals surface area contributed by atoms with Crippen LogP contribution in [0.4, 0.5) is 0 Å². The van der Waals surface area contributed by atoms with Gasteiger partial charge in [0.05, 0.1) is 25.4 Å². The maximum Gasteiger partial charge on any atom is 0.254 e. The molecule has 2 fully saturated rings. The molecule has 2 rings (SSSR count). The zero-order valence-corrected chi connectivity index (χ0v) is 10.4. The maximum absolute atomic E-state index is 12.2. The summed E-state index contributed by atoms with van der Waals surface area (Å²) in [6.45, 7) is 4.55. The summed E-state index contributed by atoms with van der Waals surface area (Å²) >= 11 is 0. The molecule has 1 N–H and O–H groups in total. The minimum absolute atomic E-state index is 0.00222. The third kappa shape index (κ3) is 3.40. The van der Waals surface area contributed by atoms with Gasteiger partial charge in [0.15, 0.2) is 6.10 Å². The fraction of sp³-hybridized carbons (Fsp3) is 0.917. The van der Waals surface area contributed by atoms with Crippen molar-refractivity contribution in [3.05, 3.63) is 0 Å². The third-order valence-electron chi connectivity index (χ3n) is 3.47. The van der Waals surface area contributed by atoms with Crippen molar-refractivity contribution < 1.29 is 19.4 Å². The van der Waals surface area contributed by atoms with Gasteiger partial charge in [0, 0.05) is 13.1 Å². The van der Waals surface area contributed by atoms with Crippen molar-refractivity contribution in [3.63, 3.8) is 0 Å². The molecule has 1 amide bonds. The van der Waals surface area contributed by atoms with Gasteiger partial charge in [0.25, 0.3) is 5.91 Å². The SMILES string of the molecule is CC1(O)CCCN(C(=O)C2COCCO2)CC1. The number of likely N-dealkylation sites (tertiary alicyclic amines) is 1. The number of amides is 1. The Morgan fingerprint density at radius 1 is 1.35 bits per heavy atom. The molecule has 2 aliphatic heterocycles. The van der Waals surface area contributed by atoms with Gasteiger partial charge in [-0.25, -0.2) is 0 Å². The predicted molar refractivity (Wildman–Crippen MR) is 61.6 cm³/mol. The molecule has 2 heterocycles. The summed E-state index contributed by atoms with van der Waals surface area (Å²) in [7, 11) is 0. The van der Waals surface area contributed by atoms with E-state index in [0.717, 1.165) is 12.8 Å². The lowest BCUT2D eigenvalue weighted by molar-refractivity contribution is -0.158. The van der Waals surface area contributed by atoms with Gasteiger partial charge in [-0.3, -0.25) is 4.79 Å². The van der Waals surface area contributed by atoms with Crippen LogP contribution in [0.3, 0.4) is 0 Å². The van der Waals surface area contributed by atoms with E-state index in [0.29, 0.717) is 39.3 Å². The first kappa shape index (κ1) is 12.8. The molecule has 0 bridgehead atoms. The summed E-state index contributed by atoms with van der Waals surface area (Å²) in [5.41, 5.74) is -0.640.